The summed E-state index contributed by atoms with van der Waals surface area (Å²) in [6.45, 7) is 4.00. The normalized spacial score (nSPS) is 11.9. The van der Waals surface area contributed by atoms with Crippen LogP contribution in [-0.2, 0) is 0 Å². The SMILES string of the molecule is CC.c1ccc2c(c1)ccc1c3cccc(-c4ccc5c(c4)sc4ccccc45)c3n(-c3nc(-c4ccc5c(c4)oc4ccccc45)nc(-c4ccc5c(c4)oc4ccccc45)n3)c21. The van der Waals surface area contributed by atoms with Gasteiger partial charge in [0, 0.05) is 74.6 Å². The summed E-state index contributed by atoms with van der Waals surface area (Å²) in [5.41, 5.74) is 9.18. The molecule has 0 fully saturated rings. The monoisotopic (exact) mass is 840 g/mol. The molecule has 14 aromatic rings. The van der Waals surface area contributed by atoms with Crippen LogP contribution in [0.1, 0.15) is 13.8 Å². The first-order chi connectivity index (χ1) is 31.7. The van der Waals surface area contributed by atoms with Gasteiger partial charge in [-0.25, -0.2) is 4.98 Å². The van der Waals surface area contributed by atoms with Gasteiger partial charge in [0.2, 0.25) is 5.95 Å². The first-order valence-electron chi connectivity index (χ1n) is 21.7. The van der Waals surface area contributed by atoms with Gasteiger partial charge in [-0.3, -0.25) is 4.57 Å². The van der Waals surface area contributed by atoms with Crippen LogP contribution in [0.2, 0.25) is 0 Å². The van der Waals surface area contributed by atoms with Gasteiger partial charge in [-0.1, -0.05) is 147 Å². The van der Waals surface area contributed by atoms with E-state index in [1.54, 1.807) is 0 Å². The van der Waals surface area contributed by atoms with Crippen molar-refractivity contribution in [2.75, 3.05) is 0 Å². The summed E-state index contributed by atoms with van der Waals surface area (Å²) < 4.78 is 17.6. The smallest absolute Gasteiger partial charge is 0.238 e. The number of nitrogens with zero attached hydrogens (tertiary/aromatic N) is 4. The van der Waals surface area contributed by atoms with Crippen molar-refractivity contribution in [1.29, 1.82) is 0 Å². The molecule has 0 aliphatic heterocycles. The van der Waals surface area contributed by atoms with Gasteiger partial charge in [0.25, 0.3) is 0 Å². The van der Waals surface area contributed by atoms with E-state index in [9.17, 15) is 0 Å². The number of fused-ring (bicyclic) bond motifs is 14. The zero-order valence-electron chi connectivity index (χ0n) is 34.8. The molecule has 302 valence electrons. The van der Waals surface area contributed by atoms with E-state index >= 15 is 0 Å². The average molecular weight is 841 g/mol. The molecule has 0 spiro atoms. The molecule has 0 saturated carbocycles. The van der Waals surface area contributed by atoms with Gasteiger partial charge in [0.15, 0.2) is 11.6 Å². The number of hydrogen-bond acceptors (Lipinski definition) is 6. The third kappa shape index (κ3) is 5.47. The van der Waals surface area contributed by atoms with E-state index in [2.05, 4.69) is 138 Å². The molecule has 0 radical (unpaired) electrons. The number of furan rings is 2. The molecule has 5 aromatic heterocycles. The number of rotatable bonds is 4. The van der Waals surface area contributed by atoms with Crippen molar-refractivity contribution in [3.63, 3.8) is 0 Å². The highest BCUT2D eigenvalue weighted by Crippen LogP contribution is 2.43. The zero-order chi connectivity index (χ0) is 42.5. The molecule has 0 aliphatic carbocycles. The Morgan fingerprint density at radius 2 is 0.891 bits per heavy atom. The molecule has 0 bridgehead atoms. The van der Waals surface area contributed by atoms with Gasteiger partial charge in [-0.2, -0.15) is 9.97 Å². The fraction of sp³-hybridized carbons (Fsp3) is 0.0351. The van der Waals surface area contributed by atoms with Crippen LogP contribution in [0, 0.1) is 0 Å². The molecule has 0 saturated heterocycles. The van der Waals surface area contributed by atoms with Crippen LogP contribution in [0.15, 0.2) is 191 Å². The van der Waals surface area contributed by atoms with Crippen LogP contribution in [0.3, 0.4) is 0 Å². The van der Waals surface area contributed by atoms with Crippen molar-refractivity contribution in [2.24, 2.45) is 0 Å². The minimum absolute atomic E-state index is 0.520. The first-order valence-corrected chi connectivity index (χ1v) is 22.5. The van der Waals surface area contributed by atoms with Gasteiger partial charge in [-0.05, 0) is 59.5 Å². The minimum Gasteiger partial charge on any atom is -0.456 e. The highest BCUT2D eigenvalue weighted by atomic mass is 32.1. The van der Waals surface area contributed by atoms with Crippen LogP contribution >= 0.6 is 11.3 Å². The fourth-order valence-corrected chi connectivity index (χ4v) is 10.8. The van der Waals surface area contributed by atoms with Gasteiger partial charge in [-0.15, -0.1) is 11.3 Å². The quantitative estimate of drug-likeness (QED) is 0.177. The van der Waals surface area contributed by atoms with Gasteiger partial charge in [0.05, 0.1) is 11.0 Å². The van der Waals surface area contributed by atoms with E-state index in [1.165, 1.54) is 20.2 Å². The lowest BCUT2D eigenvalue weighted by molar-refractivity contribution is 0.668. The van der Waals surface area contributed by atoms with E-state index in [0.29, 0.717) is 17.6 Å². The van der Waals surface area contributed by atoms with Gasteiger partial charge in [0.1, 0.15) is 22.3 Å². The maximum Gasteiger partial charge on any atom is 0.238 e. The van der Waals surface area contributed by atoms with E-state index in [4.69, 9.17) is 23.8 Å². The summed E-state index contributed by atoms with van der Waals surface area (Å²) in [7, 11) is 0. The Labute approximate surface area is 370 Å². The molecular weight excluding hydrogens is 805 g/mol. The largest absolute Gasteiger partial charge is 0.456 e. The Bertz CT molecular complexity index is 4060. The summed E-state index contributed by atoms with van der Waals surface area (Å²) >= 11 is 1.83. The molecule has 64 heavy (non-hydrogen) atoms. The predicted molar refractivity (Wildman–Crippen MR) is 267 cm³/mol. The topological polar surface area (TPSA) is 69.9 Å². The molecule has 0 atom stereocenters. The maximum atomic E-state index is 6.40. The lowest BCUT2D eigenvalue weighted by Gasteiger charge is -2.14. The molecule has 14 rings (SSSR count). The number of thiophene rings is 1. The van der Waals surface area contributed by atoms with E-state index in [-0.39, 0.29) is 0 Å². The van der Waals surface area contributed by atoms with Crippen LogP contribution in [-0.4, -0.2) is 19.5 Å². The molecule has 7 heteroatoms. The molecule has 0 aliphatic rings. The van der Waals surface area contributed by atoms with E-state index in [1.807, 2.05) is 73.7 Å². The van der Waals surface area contributed by atoms with Crippen LogP contribution in [0.25, 0.3) is 136 Å². The summed E-state index contributed by atoms with van der Waals surface area (Å²) in [5.74, 6) is 1.60. The zero-order valence-corrected chi connectivity index (χ0v) is 35.7. The van der Waals surface area contributed by atoms with E-state index < -0.39 is 0 Å². The third-order valence-corrected chi connectivity index (χ3v) is 13.6. The second kappa shape index (κ2) is 14.2. The maximum absolute atomic E-state index is 6.40. The average Bonchev–Trinajstić information content (AvgIpc) is 4.12. The lowest BCUT2D eigenvalue weighted by Crippen LogP contribution is -2.07. The van der Waals surface area contributed by atoms with Crippen molar-refractivity contribution in [1.82, 2.24) is 19.5 Å². The summed E-state index contributed by atoms with van der Waals surface area (Å²) in [6.07, 6.45) is 0. The predicted octanol–water partition coefficient (Wildman–Crippen LogP) is 16.3. The Balaban J connectivity index is 0.00000204. The second-order valence-electron chi connectivity index (χ2n) is 15.9. The van der Waals surface area contributed by atoms with Crippen molar-refractivity contribution in [3.8, 4) is 39.9 Å². The molecule has 5 heterocycles. The summed E-state index contributed by atoms with van der Waals surface area (Å²) in [6, 6.07) is 63.9. The Kier molecular flexibility index (Phi) is 8.11. The molecule has 0 N–H and O–H groups in total. The Morgan fingerprint density at radius 3 is 1.59 bits per heavy atom. The number of para-hydroxylation sites is 3. The third-order valence-electron chi connectivity index (χ3n) is 12.5. The van der Waals surface area contributed by atoms with Crippen molar-refractivity contribution >= 4 is 108 Å². The molecular formula is C57H36N4O2S. The molecule has 0 unspecified atom stereocenters. The highest BCUT2D eigenvalue weighted by Gasteiger charge is 2.23. The second-order valence-corrected chi connectivity index (χ2v) is 17.0. The molecule has 0 amide bonds. The van der Waals surface area contributed by atoms with Crippen molar-refractivity contribution in [2.45, 2.75) is 13.8 Å². The first kappa shape index (κ1) is 36.5. The van der Waals surface area contributed by atoms with Crippen molar-refractivity contribution in [3.05, 3.63) is 182 Å². The van der Waals surface area contributed by atoms with Gasteiger partial charge < -0.3 is 8.83 Å². The minimum atomic E-state index is 0.520. The standard InChI is InChI=1S/C55H30N4O2S.C2H6/c1-2-11-35-31(10-1)20-27-44-43-16-9-15-36(32-21-26-42-41-14-5-8-19-49(41)62-50(42)30-32)52(43)59(51(35)44)55-57-53(33-22-24-39-37-12-3-6-17-45(37)60-47(39)28-33)56-54(58-55)34-23-25-40-38-13-4-7-18-46(38)61-48(40)29-34;1-2/h1-30H;1-2H3. The number of benzene rings is 9. The summed E-state index contributed by atoms with van der Waals surface area (Å²) in [5, 5.41) is 11.3. The lowest BCUT2D eigenvalue weighted by atomic mass is 10.00. The van der Waals surface area contributed by atoms with Crippen LogP contribution < -0.4 is 0 Å². The Hall–Kier alpha value is -8.13. The Morgan fingerprint density at radius 1 is 0.375 bits per heavy atom. The molecule has 9 aromatic carbocycles. The van der Waals surface area contributed by atoms with Crippen molar-refractivity contribution < 1.29 is 8.83 Å². The summed E-state index contributed by atoms with van der Waals surface area (Å²) in [4.78, 5) is 16.1. The van der Waals surface area contributed by atoms with Gasteiger partial charge >= 0.3 is 0 Å². The fourth-order valence-electron chi connectivity index (χ4n) is 9.61. The van der Waals surface area contributed by atoms with Crippen LogP contribution in [0.5, 0.6) is 0 Å². The number of hydrogen-bond donors (Lipinski definition) is 0. The highest BCUT2D eigenvalue weighted by molar-refractivity contribution is 7.25. The molecule has 6 nitrogen and oxygen atoms in total. The van der Waals surface area contributed by atoms with Crippen LogP contribution in [0.4, 0.5) is 0 Å². The van der Waals surface area contributed by atoms with E-state index in [0.717, 1.165) is 98.7 Å². The number of aromatic nitrogens is 4.